The second-order valence-corrected chi connectivity index (χ2v) is 6.49. The molecule has 0 amide bonds. The summed E-state index contributed by atoms with van der Waals surface area (Å²) in [5.41, 5.74) is -0.349. The molecule has 1 saturated carbocycles. The van der Waals surface area contributed by atoms with Gasteiger partial charge in [0.2, 0.25) is 0 Å². The lowest BCUT2D eigenvalue weighted by Crippen LogP contribution is -2.29. The molecule has 0 bridgehead atoms. The summed E-state index contributed by atoms with van der Waals surface area (Å²) < 4.78 is 0. The Labute approximate surface area is 132 Å². The number of carboxylic acids is 1. The number of aliphatic carboxylic acids is 1. The van der Waals surface area contributed by atoms with Crippen molar-refractivity contribution in [3.63, 3.8) is 0 Å². The van der Waals surface area contributed by atoms with E-state index in [-0.39, 0.29) is 17.6 Å². The van der Waals surface area contributed by atoms with Gasteiger partial charge in [-0.2, -0.15) is 0 Å². The molecule has 0 aromatic rings. The van der Waals surface area contributed by atoms with Crippen molar-refractivity contribution in [2.45, 2.75) is 76.9 Å². The van der Waals surface area contributed by atoms with Gasteiger partial charge in [0.15, 0.2) is 0 Å². The first-order valence-electron chi connectivity index (χ1n) is 8.08. The number of rotatable bonds is 10. The number of ketones is 1. The minimum atomic E-state index is -0.788. The summed E-state index contributed by atoms with van der Waals surface area (Å²) in [6.07, 6.45) is 7.96. The molecule has 0 heterocycles. The summed E-state index contributed by atoms with van der Waals surface area (Å²) in [5.74, 6) is -0.643. The summed E-state index contributed by atoms with van der Waals surface area (Å²) in [5, 5.41) is 28.7. The van der Waals surface area contributed by atoms with Gasteiger partial charge in [-0.1, -0.05) is 12.2 Å². The predicted octanol–water partition coefficient (Wildman–Crippen LogP) is 2.45. The summed E-state index contributed by atoms with van der Waals surface area (Å²) in [7, 11) is 0. The van der Waals surface area contributed by atoms with Crippen LogP contribution >= 0.6 is 0 Å². The third kappa shape index (κ3) is 6.28. The van der Waals surface area contributed by atoms with Crippen molar-refractivity contribution < 1.29 is 24.9 Å². The van der Waals surface area contributed by atoms with Crippen LogP contribution in [0.2, 0.25) is 0 Å². The van der Waals surface area contributed by atoms with E-state index in [4.69, 9.17) is 5.11 Å². The Kier molecular flexibility index (Phi) is 7.76. The fourth-order valence-corrected chi connectivity index (χ4v) is 3.28. The van der Waals surface area contributed by atoms with E-state index in [9.17, 15) is 19.8 Å². The van der Waals surface area contributed by atoms with Gasteiger partial charge in [0.1, 0.15) is 5.78 Å². The van der Waals surface area contributed by atoms with Crippen LogP contribution in [0.15, 0.2) is 12.2 Å². The molecule has 1 fully saturated rings. The van der Waals surface area contributed by atoms with Crippen molar-refractivity contribution in [1.29, 1.82) is 0 Å². The normalized spacial score (nSPS) is 28.3. The third-order valence-corrected chi connectivity index (χ3v) is 4.50. The molecule has 0 aromatic carbocycles. The van der Waals surface area contributed by atoms with Gasteiger partial charge in [0.05, 0.1) is 12.2 Å². The summed E-state index contributed by atoms with van der Waals surface area (Å²) in [6, 6.07) is 0. The van der Waals surface area contributed by atoms with E-state index in [1.807, 2.05) is 12.2 Å². The first kappa shape index (κ1) is 18.8. The summed E-state index contributed by atoms with van der Waals surface area (Å²) in [4.78, 5) is 21.5. The molecule has 0 saturated heterocycles. The zero-order chi connectivity index (χ0) is 16.6. The summed E-state index contributed by atoms with van der Waals surface area (Å²) in [6.45, 7) is 1.56. The fourth-order valence-electron chi connectivity index (χ4n) is 3.28. The quantitative estimate of drug-likeness (QED) is 0.425. The van der Waals surface area contributed by atoms with Crippen molar-refractivity contribution in [3.8, 4) is 0 Å². The largest absolute Gasteiger partial charge is 0.481 e. The monoisotopic (exact) mass is 312 g/mol. The van der Waals surface area contributed by atoms with Crippen LogP contribution in [0.1, 0.15) is 64.7 Å². The molecule has 3 atom stereocenters. The van der Waals surface area contributed by atoms with Gasteiger partial charge in [-0.15, -0.1) is 0 Å². The number of hydrogen-bond donors (Lipinski definition) is 3. The molecule has 0 spiro atoms. The van der Waals surface area contributed by atoms with Crippen LogP contribution < -0.4 is 0 Å². The topological polar surface area (TPSA) is 94.8 Å². The second-order valence-electron chi connectivity index (χ2n) is 6.49. The Morgan fingerprint density at radius 1 is 1.18 bits per heavy atom. The standard InChI is InChI=1S/C17H28O5/c1-13(18)7-6-10-17(12-14(19)11-15(17)20)9-5-3-2-4-8-16(21)22/h3,5,14-15,19-20H,2,4,6-12H2,1H3,(H,21,22)/t14-,15+,17?/m0/s1. The molecule has 1 aliphatic rings. The summed E-state index contributed by atoms with van der Waals surface area (Å²) >= 11 is 0. The van der Waals surface area contributed by atoms with Gasteiger partial charge < -0.3 is 20.1 Å². The number of carbonyl (C=O) groups is 2. The van der Waals surface area contributed by atoms with Crippen molar-refractivity contribution in [2.24, 2.45) is 5.41 Å². The molecule has 1 unspecified atom stereocenters. The van der Waals surface area contributed by atoms with E-state index in [2.05, 4.69) is 0 Å². The molecule has 5 heteroatoms. The van der Waals surface area contributed by atoms with Crippen molar-refractivity contribution in [1.82, 2.24) is 0 Å². The van der Waals surface area contributed by atoms with E-state index in [1.165, 1.54) is 0 Å². The van der Waals surface area contributed by atoms with Crippen LogP contribution in [-0.4, -0.2) is 39.3 Å². The molecule has 0 aromatic heterocycles. The third-order valence-electron chi connectivity index (χ3n) is 4.50. The van der Waals surface area contributed by atoms with Crippen LogP contribution in [-0.2, 0) is 9.59 Å². The first-order chi connectivity index (χ1) is 10.4. The van der Waals surface area contributed by atoms with E-state index < -0.39 is 18.2 Å². The molecular formula is C17H28O5. The number of aliphatic hydroxyl groups excluding tert-OH is 2. The maximum atomic E-state index is 11.1. The highest BCUT2D eigenvalue weighted by atomic mass is 16.4. The van der Waals surface area contributed by atoms with E-state index >= 15 is 0 Å². The number of carboxylic acid groups (broad SMARTS) is 1. The molecular weight excluding hydrogens is 284 g/mol. The zero-order valence-electron chi connectivity index (χ0n) is 13.3. The number of hydrogen-bond acceptors (Lipinski definition) is 4. The van der Waals surface area contributed by atoms with E-state index in [0.717, 1.165) is 12.8 Å². The molecule has 5 nitrogen and oxygen atoms in total. The highest BCUT2D eigenvalue weighted by molar-refractivity contribution is 5.75. The lowest BCUT2D eigenvalue weighted by Gasteiger charge is -2.31. The molecule has 126 valence electrons. The highest BCUT2D eigenvalue weighted by Gasteiger charge is 2.44. The van der Waals surface area contributed by atoms with Gasteiger partial charge in [0.25, 0.3) is 0 Å². The molecule has 3 N–H and O–H groups in total. The average molecular weight is 312 g/mol. The predicted molar refractivity (Wildman–Crippen MR) is 83.5 cm³/mol. The van der Waals surface area contributed by atoms with Crippen LogP contribution in [0.5, 0.6) is 0 Å². The fraction of sp³-hybridized carbons (Fsp3) is 0.765. The van der Waals surface area contributed by atoms with Gasteiger partial charge in [-0.05, 0) is 51.9 Å². The van der Waals surface area contributed by atoms with Gasteiger partial charge >= 0.3 is 5.97 Å². The van der Waals surface area contributed by atoms with E-state index in [0.29, 0.717) is 38.5 Å². The maximum absolute atomic E-state index is 11.1. The van der Waals surface area contributed by atoms with Crippen LogP contribution in [0.4, 0.5) is 0 Å². The Hall–Kier alpha value is -1.20. The first-order valence-corrected chi connectivity index (χ1v) is 8.08. The maximum Gasteiger partial charge on any atom is 0.303 e. The second kappa shape index (κ2) is 9.06. The number of carbonyl (C=O) groups excluding carboxylic acids is 1. The number of unbranched alkanes of at least 4 members (excludes halogenated alkanes) is 1. The molecule has 22 heavy (non-hydrogen) atoms. The van der Waals surface area contributed by atoms with Gasteiger partial charge in [-0.25, -0.2) is 0 Å². The lowest BCUT2D eigenvalue weighted by molar-refractivity contribution is -0.137. The van der Waals surface area contributed by atoms with Crippen molar-refractivity contribution in [2.75, 3.05) is 0 Å². The molecule has 1 rings (SSSR count). The Morgan fingerprint density at radius 3 is 2.45 bits per heavy atom. The zero-order valence-corrected chi connectivity index (χ0v) is 13.3. The minimum Gasteiger partial charge on any atom is -0.481 e. The highest BCUT2D eigenvalue weighted by Crippen LogP contribution is 2.45. The van der Waals surface area contributed by atoms with Crippen LogP contribution in [0, 0.1) is 5.41 Å². The Morgan fingerprint density at radius 2 is 1.91 bits per heavy atom. The Bertz CT molecular complexity index is 404. The van der Waals surface area contributed by atoms with Gasteiger partial charge in [0, 0.05) is 18.3 Å². The average Bonchev–Trinajstić information content (AvgIpc) is 2.68. The SMILES string of the molecule is CC(=O)CCCC1(CC=CCCCC(=O)O)C[C@@H](O)C[C@H]1O. The lowest BCUT2D eigenvalue weighted by atomic mass is 9.76. The number of allylic oxidation sites excluding steroid dienone is 2. The smallest absolute Gasteiger partial charge is 0.303 e. The molecule has 1 aliphatic carbocycles. The van der Waals surface area contributed by atoms with Gasteiger partial charge in [-0.3, -0.25) is 4.79 Å². The van der Waals surface area contributed by atoms with Crippen LogP contribution in [0.3, 0.4) is 0 Å². The minimum absolute atomic E-state index is 0.146. The van der Waals surface area contributed by atoms with Crippen molar-refractivity contribution in [3.05, 3.63) is 12.2 Å². The van der Waals surface area contributed by atoms with E-state index in [1.54, 1.807) is 6.92 Å². The number of aliphatic hydroxyl groups is 2. The molecule has 0 radical (unpaired) electrons. The number of Topliss-reactive ketones (excluding diaryl/α,β-unsaturated/α-hetero) is 1. The molecule has 0 aliphatic heterocycles. The van der Waals surface area contributed by atoms with Crippen molar-refractivity contribution >= 4 is 11.8 Å². The van der Waals surface area contributed by atoms with Crippen LogP contribution in [0.25, 0.3) is 0 Å². The Balaban J connectivity index is 2.50.